The van der Waals surface area contributed by atoms with E-state index in [9.17, 15) is 14.4 Å². The molecule has 5 rings (SSSR count). The molecule has 1 atom stereocenters. The SMILES string of the molecule is O=Cc1cc(OC2CC3(CCN(CC4CCNCC4)CC3)C2)ccc1CNC1CCC(=O)NC1=O. The van der Waals surface area contributed by atoms with E-state index >= 15 is 0 Å². The summed E-state index contributed by atoms with van der Waals surface area (Å²) in [6, 6.07) is 5.20. The van der Waals surface area contributed by atoms with Crippen LogP contribution in [0.3, 0.4) is 0 Å². The zero-order chi connectivity index (χ0) is 24.3. The molecule has 3 saturated heterocycles. The van der Waals surface area contributed by atoms with Crippen LogP contribution in [0.2, 0.25) is 0 Å². The molecule has 1 aliphatic carbocycles. The van der Waals surface area contributed by atoms with E-state index in [-0.39, 0.29) is 17.9 Å². The van der Waals surface area contributed by atoms with Crippen molar-refractivity contribution in [2.45, 2.75) is 70.1 Å². The molecule has 3 aliphatic heterocycles. The monoisotopic (exact) mass is 482 g/mol. The largest absolute Gasteiger partial charge is 0.490 e. The predicted molar refractivity (Wildman–Crippen MR) is 132 cm³/mol. The van der Waals surface area contributed by atoms with Gasteiger partial charge in [0.15, 0.2) is 6.29 Å². The predicted octanol–water partition coefficient (Wildman–Crippen LogP) is 2.02. The number of ether oxygens (including phenoxy) is 1. The minimum absolute atomic E-state index is 0.220. The second kappa shape index (κ2) is 10.8. The standard InChI is InChI=1S/C27H38N4O4/c32-18-21-13-22(2-1-20(21)16-29-24-3-4-25(33)30-26(24)34)35-23-14-27(15-23)7-11-31(12-8-27)17-19-5-9-28-10-6-19/h1-2,13,18-19,23-24,28-29H,3-12,14-17H2,(H,30,33,34). The molecule has 1 unspecified atom stereocenters. The third kappa shape index (κ3) is 5.93. The van der Waals surface area contributed by atoms with Crippen molar-refractivity contribution in [2.24, 2.45) is 11.3 Å². The lowest BCUT2D eigenvalue weighted by Crippen LogP contribution is -2.51. The van der Waals surface area contributed by atoms with Crippen LogP contribution in [0.15, 0.2) is 18.2 Å². The number of aldehydes is 1. The van der Waals surface area contributed by atoms with Crippen molar-refractivity contribution >= 4 is 18.1 Å². The van der Waals surface area contributed by atoms with Gasteiger partial charge in [0.2, 0.25) is 11.8 Å². The Kier molecular flexibility index (Phi) is 7.51. The van der Waals surface area contributed by atoms with Crippen LogP contribution in [-0.2, 0) is 16.1 Å². The third-order valence-electron chi connectivity index (χ3n) is 8.54. The van der Waals surface area contributed by atoms with Crippen molar-refractivity contribution in [1.82, 2.24) is 20.9 Å². The molecule has 1 spiro atoms. The van der Waals surface area contributed by atoms with E-state index < -0.39 is 6.04 Å². The van der Waals surface area contributed by atoms with Gasteiger partial charge in [-0.3, -0.25) is 19.7 Å². The molecule has 35 heavy (non-hydrogen) atoms. The van der Waals surface area contributed by atoms with E-state index in [1.54, 1.807) is 6.07 Å². The molecule has 0 radical (unpaired) electrons. The molecule has 1 aromatic rings. The maximum atomic E-state index is 11.9. The molecule has 4 aliphatic rings. The average Bonchev–Trinajstić information content (AvgIpc) is 2.85. The summed E-state index contributed by atoms with van der Waals surface area (Å²) < 4.78 is 6.25. The van der Waals surface area contributed by atoms with E-state index in [0.717, 1.165) is 36.4 Å². The molecule has 190 valence electrons. The Morgan fingerprint density at radius 2 is 1.89 bits per heavy atom. The summed E-state index contributed by atoms with van der Waals surface area (Å²) in [5.74, 6) is 1.06. The first-order valence-electron chi connectivity index (χ1n) is 13.3. The first-order chi connectivity index (χ1) is 17.0. The van der Waals surface area contributed by atoms with Crippen LogP contribution in [-0.4, -0.2) is 67.9 Å². The van der Waals surface area contributed by atoms with Gasteiger partial charge in [-0.15, -0.1) is 0 Å². The van der Waals surface area contributed by atoms with Crippen LogP contribution in [0.5, 0.6) is 5.75 Å². The fourth-order valence-corrected chi connectivity index (χ4v) is 6.27. The second-order valence-corrected chi connectivity index (χ2v) is 11.0. The number of carbonyl (C=O) groups excluding carboxylic acids is 3. The second-order valence-electron chi connectivity index (χ2n) is 11.0. The van der Waals surface area contributed by atoms with E-state index in [1.165, 1.54) is 58.4 Å². The molecular weight excluding hydrogens is 444 g/mol. The van der Waals surface area contributed by atoms with Crippen molar-refractivity contribution in [1.29, 1.82) is 0 Å². The summed E-state index contributed by atoms with van der Waals surface area (Å²) >= 11 is 0. The van der Waals surface area contributed by atoms with Crippen molar-refractivity contribution in [2.75, 3.05) is 32.7 Å². The van der Waals surface area contributed by atoms with Crippen LogP contribution >= 0.6 is 0 Å². The highest BCUT2D eigenvalue weighted by molar-refractivity contribution is 6.00. The van der Waals surface area contributed by atoms with Crippen LogP contribution < -0.4 is 20.7 Å². The fraction of sp³-hybridized carbons (Fsp3) is 0.667. The Bertz CT molecular complexity index is 929. The van der Waals surface area contributed by atoms with Crippen LogP contribution in [0, 0.1) is 11.3 Å². The highest BCUT2D eigenvalue weighted by atomic mass is 16.5. The third-order valence-corrected chi connectivity index (χ3v) is 8.54. The number of nitrogens with zero attached hydrogens (tertiary/aromatic N) is 1. The van der Waals surface area contributed by atoms with Gasteiger partial charge < -0.3 is 20.3 Å². The van der Waals surface area contributed by atoms with Gasteiger partial charge in [0.05, 0.1) is 12.1 Å². The molecule has 0 aromatic heterocycles. The summed E-state index contributed by atoms with van der Waals surface area (Å²) in [4.78, 5) is 37.6. The molecule has 8 nitrogen and oxygen atoms in total. The number of imide groups is 1. The van der Waals surface area contributed by atoms with Crippen molar-refractivity contribution in [3.8, 4) is 5.75 Å². The van der Waals surface area contributed by atoms with E-state index in [2.05, 4.69) is 20.9 Å². The number of nitrogens with one attached hydrogen (secondary N) is 3. The number of rotatable bonds is 8. The molecule has 2 amide bonds. The topological polar surface area (TPSA) is 99.8 Å². The lowest BCUT2D eigenvalue weighted by Gasteiger charge is -2.52. The van der Waals surface area contributed by atoms with Crippen molar-refractivity contribution < 1.29 is 19.1 Å². The number of hydrogen-bond acceptors (Lipinski definition) is 7. The van der Waals surface area contributed by atoms with E-state index in [0.29, 0.717) is 30.4 Å². The van der Waals surface area contributed by atoms with Crippen LogP contribution in [0.1, 0.15) is 67.3 Å². The Hall–Kier alpha value is -2.29. The minimum Gasteiger partial charge on any atom is -0.490 e. The van der Waals surface area contributed by atoms with Gasteiger partial charge in [0.1, 0.15) is 5.75 Å². The van der Waals surface area contributed by atoms with Crippen molar-refractivity contribution in [3.05, 3.63) is 29.3 Å². The fourth-order valence-electron chi connectivity index (χ4n) is 6.27. The molecule has 4 fully saturated rings. The normalized spacial score (nSPS) is 25.8. The summed E-state index contributed by atoms with van der Waals surface area (Å²) in [5, 5.41) is 8.97. The van der Waals surface area contributed by atoms with Gasteiger partial charge >= 0.3 is 0 Å². The quantitative estimate of drug-likeness (QED) is 0.385. The first kappa shape index (κ1) is 24.4. The number of carbonyl (C=O) groups is 3. The first-order valence-corrected chi connectivity index (χ1v) is 13.3. The van der Waals surface area contributed by atoms with Gasteiger partial charge in [0, 0.05) is 25.1 Å². The van der Waals surface area contributed by atoms with Gasteiger partial charge in [-0.05, 0) is 100 Å². The summed E-state index contributed by atoms with van der Waals surface area (Å²) in [5.41, 5.74) is 1.83. The number of benzene rings is 1. The Balaban J connectivity index is 1.07. The zero-order valence-electron chi connectivity index (χ0n) is 20.5. The van der Waals surface area contributed by atoms with Gasteiger partial charge in [-0.25, -0.2) is 0 Å². The molecule has 3 N–H and O–H groups in total. The summed E-state index contributed by atoms with van der Waals surface area (Å²) in [7, 11) is 0. The lowest BCUT2D eigenvalue weighted by atomic mass is 9.61. The van der Waals surface area contributed by atoms with Gasteiger partial charge in [-0.1, -0.05) is 6.07 Å². The Morgan fingerprint density at radius 3 is 2.60 bits per heavy atom. The molecular formula is C27H38N4O4. The van der Waals surface area contributed by atoms with E-state index in [4.69, 9.17) is 4.74 Å². The smallest absolute Gasteiger partial charge is 0.243 e. The lowest BCUT2D eigenvalue weighted by molar-refractivity contribution is -0.134. The maximum Gasteiger partial charge on any atom is 0.243 e. The van der Waals surface area contributed by atoms with Crippen LogP contribution in [0.25, 0.3) is 0 Å². The van der Waals surface area contributed by atoms with Crippen molar-refractivity contribution in [3.63, 3.8) is 0 Å². The maximum absolute atomic E-state index is 11.9. The van der Waals surface area contributed by atoms with E-state index in [1.807, 2.05) is 12.1 Å². The molecule has 3 heterocycles. The zero-order valence-corrected chi connectivity index (χ0v) is 20.5. The van der Waals surface area contributed by atoms with Crippen LogP contribution in [0.4, 0.5) is 0 Å². The molecule has 1 aromatic carbocycles. The Labute approximate surface area is 207 Å². The molecule has 8 heteroatoms. The number of likely N-dealkylation sites (tertiary alicyclic amines) is 1. The average molecular weight is 483 g/mol. The van der Waals surface area contributed by atoms with Gasteiger partial charge in [-0.2, -0.15) is 0 Å². The van der Waals surface area contributed by atoms with Gasteiger partial charge in [0.25, 0.3) is 0 Å². The number of amides is 2. The molecule has 0 bridgehead atoms. The highest BCUT2D eigenvalue weighted by Crippen LogP contribution is 2.50. The summed E-state index contributed by atoms with van der Waals surface area (Å²) in [6.45, 7) is 6.41. The number of piperidine rings is 3. The number of hydrogen-bond donors (Lipinski definition) is 3. The minimum atomic E-state index is -0.416. The highest BCUT2D eigenvalue weighted by Gasteiger charge is 2.47. The Morgan fingerprint density at radius 1 is 1.11 bits per heavy atom. The molecule has 1 saturated carbocycles. The summed E-state index contributed by atoms with van der Waals surface area (Å²) in [6.07, 6.45) is 9.22.